The Morgan fingerprint density at radius 1 is 1.32 bits per heavy atom. The molecule has 0 saturated heterocycles. The molecule has 22 heavy (non-hydrogen) atoms. The monoisotopic (exact) mass is 306 g/mol. The number of aliphatic carboxylic acids is 1. The molecule has 0 aromatic heterocycles. The number of nitrogens with zero attached hydrogens (tertiary/aromatic N) is 1. The highest BCUT2D eigenvalue weighted by Crippen LogP contribution is 2.05. The Labute approximate surface area is 130 Å². The molecule has 0 aliphatic rings. The van der Waals surface area contributed by atoms with E-state index in [0.29, 0.717) is 25.2 Å². The van der Waals surface area contributed by atoms with Crippen LogP contribution < -0.4 is 5.32 Å². The average Bonchev–Trinajstić information content (AvgIpc) is 2.50. The topological polar surface area (TPSA) is 88.0 Å². The maximum atomic E-state index is 11.6. The van der Waals surface area contributed by atoms with Gasteiger partial charge in [0.05, 0.1) is 5.92 Å². The fourth-order valence-corrected chi connectivity index (χ4v) is 1.71. The number of carbonyl (C=O) groups is 2. The smallest absolute Gasteiger partial charge is 0.412 e. The quantitative estimate of drug-likeness (QED) is 0.460. The van der Waals surface area contributed by atoms with E-state index in [2.05, 4.69) is 10.3 Å². The summed E-state index contributed by atoms with van der Waals surface area (Å²) in [5.41, 5.74) is 0.912. The fraction of sp³-hybridized carbons (Fsp3) is 0.438. The maximum absolute atomic E-state index is 11.6. The molecule has 1 aromatic rings. The minimum atomic E-state index is -0.802. The summed E-state index contributed by atoms with van der Waals surface area (Å²) in [7, 11) is 0. The predicted molar refractivity (Wildman–Crippen MR) is 83.8 cm³/mol. The molecule has 6 heteroatoms. The molecule has 1 aromatic carbocycles. The van der Waals surface area contributed by atoms with Crippen LogP contribution in [-0.4, -0.2) is 29.5 Å². The fourth-order valence-electron chi connectivity index (χ4n) is 1.71. The van der Waals surface area contributed by atoms with E-state index < -0.39 is 12.1 Å². The maximum Gasteiger partial charge on any atom is 0.412 e. The molecule has 0 fully saturated rings. The van der Waals surface area contributed by atoms with E-state index in [1.165, 1.54) is 0 Å². The summed E-state index contributed by atoms with van der Waals surface area (Å²) in [5, 5.41) is 11.3. The average molecular weight is 306 g/mol. The highest BCUT2D eigenvalue weighted by molar-refractivity contribution is 5.93. The van der Waals surface area contributed by atoms with Crippen LogP contribution in [0.1, 0.15) is 32.3 Å². The number of carbonyl (C=O) groups excluding carboxylic acids is 1. The molecule has 0 heterocycles. The number of hydrogen-bond donors (Lipinski definition) is 2. The van der Waals surface area contributed by atoms with Crippen LogP contribution in [0.4, 0.5) is 4.79 Å². The molecule has 6 nitrogen and oxygen atoms in total. The second kappa shape index (κ2) is 9.55. The summed E-state index contributed by atoms with van der Waals surface area (Å²) in [5.74, 6) is -0.719. The molecule has 0 aliphatic heterocycles. The molecule has 0 bridgehead atoms. The minimum Gasteiger partial charge on any atom is -0.481 e. The minimum absolute atomic E-state index is 0.204. The van der Waals surface area contributed by atoms with Gasteiger partial charge in [-0.05, 0) is 25.3 Å². The lowest BCUT2D eigenvalue weighted by molar-refractivity contribution is -0.141. The molecule has 0 spiro atoms. The van der Waals surface area contributed by atoms with Crippen LogP contribution in [0.2, 0.25) is 0 Å². The zero-order chi connectivity index (χ0) is 16.4. The lowest BCUT2D eigenvalue weighted by Gasteiger charge is -2.07. The second-order valence-electron chi connectivity index (χ2n) is 5.04. The van der Waals surface area contributed by atoms with Crippen molar-refractivity contribution < 1.29 is 19.4 Å². The Balaban J connectivity index is 2.22. The number of hydrogen-bond acceptors (Lipinski definition) is 4. The van der Waals surface area contributed by atoms with Crippen molar-refractivity contribution in [2.45, 2.75) is 33.3 Å². The second-order valence-corrected chi connectivity index (χ2v) is 5.04. The Kier molecular flexibility index (Phi) is 7.67. The van der Waals surface area contributed by atoms with Gasteiger partial charge in [0.2, 0.25) is 0 Å². The number of alkyl carbamates (subject to hydrolysis) is 1. The number of carboxylic acid groups (broad SMARTS) is 1. The van der Waals surface area contributed by atoms with Crippen LogP contribution in [-0.2, 0) is 16.1 Å². The van der Waals surface area contributed by atoms with Crippen molar-refractivity contribution in [1.82, 2.24) is 5.32 Å². The molecule has 0 aliphatic carbocycles. The zero-order valence-electron chi connectivity index (χ0n) is 12.9. The summed E-state index contributed by atoms with van der Waals surface area (Å²) in [4.78, 5) is 26.4. The molecule has 0 unspecified atom stereocenters. The van der Waals surface area contributed by atoms with Crippen molar-refractivity contribution in [1.29, 1.82) is 0 Å². The number of amides is 1. The van der Waals surface area contributed by atoms with Crippen molar-refractivity contribution in [2.24, 2.45) is 10.9 Å². The van der Waals surface area contributed by atoms with E-state index >= 15 is 0 Å². The van der Waals surface area contributed by atoms with Crippen molar-refractivity contribution in [3.05, 3.63) is 35.9 Å². The number of rotatable bonds is 7. The molecule has 1 rings (SSSR count). The standard InChI is InChI=1S/C16H22N2O4/c1-12(15(19)20)7-6-10-17-13(2)18-16(21)22-11-14-8-4-3-5-9-14/h3-5,8-9,12H,6-7,10-11H2,1-2H3,(H,19,20)(H,17,18,21)/t12-/m1/s1. The van der Waals surface area contributed by atoms with Crippen LogP contribution in [0.15, 0.2) is 35.3 Å². The van der Waals surface area contributed by atoms with Crippen molar-refractivity contribution in [3.8, 4) is 0 Å². The van der Waals surface area contributed by atoms with Crippen LogP contribution in [0.25, 0.3) is 0 Å². The Morgan fingerprint density at radius 2 is 2.00 bits per heavy atom. The molecular formula is C16H22N2O4. The summed E-state index contributed by atoms with van der Waals surface area (Å²) in [6.45, 7) is 4.01. The van der Waals surface area contributed by atoms with Gasteiger partial charge in [0, 0.05) is 6.54 Å². The van der Waals surface area contributed by atoms with Gasteiger partial charge < -0.3 is 9.84 Å². The molecule has 120 valence electrons. The van der Waals surface area contributed by atoms with E-state index in [-0.39, 0.29) is 12.5 Å². The lowest BCUT2D eigenvalue weighted by atomic mass is 10.1. The van der Waals surface area contributed by atoms with Gasteiger partial charge in [-0.15, -0.1) is 0 Å². The number of aliphatic imine (C=N–C) groups is 1. The van der Waals surface area contributed by atoms with E-state index in [0.717, 1.165) is 5.56 Å². The highest BCUT2D eigenvalue weighted by Gasteiger charge is 2.09. The first-order valence-electron chi connectivity index (χ1n) is 7.20. The summed E-state index contributed by atoms with van der Waals surface area (Å²) < 4.78 is 5.07. The largest absolute Gasteiger partial charge is 0.481 e. The van der Waals surface area contributed by atoms with Crippen LogP contribution in [0.5, 0.6) is 0 Å². The molecule has 1 atom stereocenters. The lowest BCUT2D eigenvalue weighted by Crippen LogP contribution is -2.29. The van der Waals surface area contributed by atoms with Gasteiger partial charge in [-0.3, -0.25) is 15.1 Å². The Hall–Kier alpha value is -2.37. The molecule has 0 radical (unpaired) electrons. The van der Waals surface area contributed by atoms with E-state index in [9.17, 15) is 9.59 Å². The van der Waals surface area contributed by atoms with Crippen molar-refractivity contribution in [2.75, 3.05) is 6.54 Å². The first kappa shape index (κ1) is 17.7. The van der Waals surface area contributed by atoms with Gasteiger partial charge >= 0.3 is 12.1 Å². The molecule has 2 N–H and O–H groups in total. The third-order valence-electron chi connectivity index (χ3n) is 3.06. The van der Waals surface area contributed by atoms with Crippen molar-refractivity contribution >= 4 is 17.9 Å². The van der Waals surface area contributed by atoms with Crippen LogP contribution in [0.3, 0.4) is 0 Å². The van der Waals surface area contributed by atoms with Gasteiger partial charge in [0.15, 0.2) is 0 Å². The van der Waals surface area contributed by atoms with Crippen LogP contribution in [0, 0.1) is 5.92 Å². The van der Waals surface area contributed by atoms with E-state index in [4.69, 9.17) is 9.84 Å². The SMILES string of the molecule is C/C(=N\CCC[C@@H](C)C(=O)O)NC(=O)OCc1ccccc1. The van der Waals surface area contributed by atoms with E-state index in [1.807, 2.05) is 30.3 Å². The predicted octanol–water partition coefficient (Wildman–Crippen LogP) is 2.83. The van der Waals surface area contributed by atoms with Gasteiger partial charge in [0.1, 0.15) is 12.4 Å². The third-order valence-corrected chi connectivity index (χ3v) is 3.06. The van der Waals surface area contributed by atoms with Crippen LogP contribution >= 0.6 is 0 Å². The number of carboxylic acids is 1. The molecule has 0 saturated carbocycles. The van der Waals surface area contributed by atoms with Gasteiger partial charge in [-0.25, -0.2) is 4.79 Å². The summed E-state index contributed by atoms with van der Waals surface area (Å²) in [6.07, 6.45) is 0.667. The van der Waals surface area contributed by atoms with E-state index in [1.54, 1.807) is 13.8 Å². The van der Waals surface area contributed by atoms with Gasteiger partial charge in [0.25, 0.3) is 0 Å². The molecular weight excluding hydrogens is 284 g/mol. The summed E-state index contributed by atoms with van der Waals surface area (Å²) in [6, 6.07) is 9.39. The summed E-state index contributed by atoms with van der Waals surface area (Å²) >= 11 is 0. The van der Waals surface area contributed by atoms with Gasteiger partial charge in [-0.1, -0.05) is 37.3 Å². The number of amidine groups is 1. The highest BCUT2D eigenvalue weighted by atomic mass is 16.5. The first-order chi connectivity index (χ1) is 10.5. The normalized spacial score (nSPS) is 12.5. The Bertz CT molecular complexity index is 514. The van der Waals surface area contributed by atoms with Crippen molar-refractivity contribution in [3.63, 3.8) is 0 Å². The molecule has 1 amide bonds. The third kappa shape index (κ3) is 7.42. The first-order valence-corrected chi connectivity index (χ1v) is 7.20. The zero-order valence-corrected chi connectivity index (χ0v) is 12.9. The number of nitrogens with one attached hydrogen (secondary N) is 1. The van der Waals surface area contributed by atoms with Gasteiger partial charge in [-0.2, -0.15) is 0 Å². The number of ether oxygens (including phenoxy) is 1. The number of benzene rings is 1. The Morgan fingerprint density at radius 3 is 2.64 bits per heavy atom.